The summed E-state index contributed by atoms with van der Waals surface area (Å²) in [6.07, 6.45) is 1.48. The molecular formula is C15H12F2N2. The van der Waals surface area contributed by atoms with Crippen molar-refractivity contribution in [1.29, 1.82) is 0 Å². The van der Waals surface area contributed by atoms with Crippen LogP contribution < -0.4 is 0 Å². The molecule has 1 N–H and O–H groups in total. The lowest BCUT2D eigenvalue weighted by atomic mass is 10.1. The number of benzene rings is 2. The van der Waals surface area contributed by atoms with E-state index in [2.05, 4.69) is 9.97 Å². The average Bonchev–Trinajstić information content (AvgIpc) is 2.81. The number of halogens is 2. The number of hydrogen-bond acceptors (Lipinski definition) is 1. The van der Waals surface area contributed by atoms with Gasteiger partial charge in [-0.05, 0) is 18.1 Å². The second-order valence-corrected chi connectivity index (χ2v) is 4.45. The number of nitrogens with zero attached hydrogens (tertiary/aromatic N) is 1. The number of nitrogens with one attached hydrogen (secondary N) is 1. The predicted molar refractivity (Wildman–Crippen MR) is 69.9 cm³/mol. The third kappa shape index (κ3) is 2.47. The fourth-order valence-electron chi connectivity index (χ4n) is 2.12. The number of imidazole rings is 1. The van der Waals surface area contributed by atoms with Crippen molar-refractivity contribution in [3.8, 4) is 0 Å². The Balaban J connectivity index is 1.84. The third-order valence-electron chi connectivity index (χ3n) is 3.05. The van der Waals surface area contributed by atoms with E-state index in [-0.39, 0.29) is 5.52 Å². The molecule has 0 saturated heterocycles. The molecule has 0 bridgehead atoms. The second-order valence-electron chi connectivity index (χ2n) is 4.45. The molecule has 2 aromatic carbocycles. The molecule has 0 radical (unpaired) electrons. The molecule has 3 rings (SSSR count). The van der Waals surface area contributed by atoms with Gasteiger partial charge in [0.25, 0.3) is 0 Å². The van der Waals surface area contributed by atoms with E-state index in [1.807, 2.05) is 30.3 Å². The van der Waals surface area contributed by atoms with Crippen LogP contribution in [-0.4, -0.2) is 9.97 Å². The van der Waals surface area contributed by atoms with Gasteiger partial charge in [0.05, 0.1) is 5.52 Å². The normalized spacial score (nSPS) is 11.1. The van der Waals surface area contributed by atoms with Gasteiger partial charge in [0.1, 0.15) is 17.2 Å². The summed E-state index contributed by atoms with van der Waals surface area (Å²) in [6.45, 7) is 0. The van der Waals surface area contributed by atoms with Gasteiger partial charge in [-0.3, -0.25) is 0 Å². The van der Waals surface area contributed by atoms with Gasteiger partial charge < -0.3 is 4.98 Å². The minimum absolute atomic E-state index is 0.199. The first-order chi connectivity index (χ1) is 9.22. The van der Waals surface area contributed by atoms with Crippen molar-refractivity contribution < 1.29 is 8.78 Å². The van der Waals surface area contributed by atoms with E-state index < -0.39 is 11.6 Å². The second kappa shape index (κ2) is 4.80. The molecule has 0 amide bonds. The van der Waals surface area contributed by atoms with Gasteiger partial charge in [0.15, 0.2) is 5.82 Å². The summed E-state index contributed by atoms with van der Waals surface area (Å²) in [5.41, 5.74) is 1.79. The fourth-order valence-corrected chi connectivity index (χ4v) is 2.12. The third-order valence-corrected chi connectivity index (χ3v) is 3.05. The monoisotopic (exact) mass is 258 g/mol. The number of aryl methyl sites for hydroxylation is 2. The van der Waals surface area contributed by atoms with Crippen molar-refractivity contribution in [2.75, 3.05) is 0 Å². The highest BCUT2D eigenvalue weighted by Crippen LogP contribution is 2.18. The predicted octanol–water partition coefficient (Wildman–Crippen LogP) is 3.63. The fraction of sp³-hybridized carbons (Fsp3) is 0.133. The zero-order valence-corrected chi connectivity index (χ0v) is 10.2. The smallest absolute Gasteiger partial charge is 0.153 e. The zero-order chi connectivity index (χ0) is 13.2. The van der Waals surface area contributed by atoms with Crippen LogP contribution >= 0.6 is 0 Å². The Hall–Kier alpha value is -2.23. The lowest BCUT2D eigenvalue weighted by Crippen LogP contribution is -1.92. The quantitative estimate of drug-likeness (QED) is 0.763. The molecule has 0 atom stereocenters. The minimum atomic E-state index is -0.628. The van der Waals surface area contributed by atoms with Gasteiger partial charge >= 0.3 is 0 Å². The van der Waals surface area contributed by atoms with Crippen molar-refractivity contribution in [2.24, 2.45) is 0 Å². The molecule has 3 aromatic rings. The lowest BCUT2D eigenvalue weighted by molar-refractivity contribution is 0.590. The van der Waals surface area contributed by atoms with Crippen LogP contribution in [0.3, 0.4) is 0 Å². The van der Waals surface area contributed by atoms with E-state index in [1.165, 1.54) is 11.6 Å². The van der Waals surface area contributed by atoms with E-state index in [0.29, 0.717) is 17.8 Å². The Morgan fingerprint density at radius 2 is 1.79 bits per heavy atom. The SMILES string of the molecule is Fc1cc(F)c2nc(CCc3ccccc3)[nH]c2c1. The summed E-state index contributed by atoms with van der Waals surface area (Å²) in [6, 6.07) is 12.1. The van der Waals surface area contributed by atoms with E-state index in [4.69, 9.17) is 0 Å². The number of hydrogen-bond donors (Lipinski definition) is 1. The Labute approximate surface area is 109 Å². The molecule has 1 aromatic heterocycles. The number of aromatic amines is 1. The van der Waals surface area contributed by atoms with Gasteiger partial charge in [0, 0.05) is 12.5 Å². The van der Waals surface area contributed by atoms with Crippen molar-refractivity contribution >= 4 is 11.0 Å². The summed E-state index contributed by atoms with van der Waals surface area (Å²) in [5.74, 6) is -0.552. The highest BCUT2D eigenvalue weighted by molar-refractivity contribution is 5.75. The molecule has 1 heterocycles. The maximum atomic E-state index is 13.5. The maximum absolute atomic E-state index is 13.5. The van der Waals surface area contributed by atoms with Crippen molar-refractivity contribution in [2.45, 2.75) is 12.8 Å². The Morgan fingerprint density at radius 3 is 2.58 bits per heavy atom. The van der Waals surface area contributed by atoms with E-state index in [9.17, 15) is 8.78 Å². The Bertz CT molecular complexity index is 705. The van der Waals surface area contributed by atoms with Gasteiger partial charge in [-0.15, -0.1) is 0 Å². The molecule has 0 aliphatic carbocycles. The number of H-pyrrole nitrogens is 1. The van der Waals surface area contributed by atoms with Gasteiger partial charge in [-0.25, -0.2) is 13.8 Å². The Kier molecular flexibility index (Phi) is 2.99. The molecule has 0 unspecified atom stereocenters. The van der Waals surface area contributed by atoms with E-state index in [0.717, 1.165) is 12.5 Å². The average molecular weight is 258 g/mol. The topological polar surface area (TPSA) is 28.7 Å². The van der Waals surface area contributed by atoms with Crippen LogP contribution in [0, 0.1) is 11.6 Å². The van der Waals surface area contributed by atoms with Crippen LogP contribution in [0.5, 0.6) is 0 Å². The highest BCUT2D eigenvalue weighted by Gasteiger charge is 2.09. The van der Waals surface area contributed by atoms with Crippen molar-refractivity contribution in [1.82, 2.24) is 9.97 Å². The van der Waals surface area contributed by atoms with Crippen molar-refractivity contribution in [3.63, 3.8) is 0 Å². The van der Waals surface area contributed by atoms with Crippen LogP contribution in [0.4, 0.5) is 8.78 Å². The lowest BCUT2D eigenvalue weighted by Gasteiger charge is -1.97. The van der Waals surface area contributed by atoms with Crippen LogP contribution in [0.25, 0.3) is 11.0 Å². The first-order valence-corrected chi connectivity index (χ1v) is 6.10. The van der Waals surface area contributed by atoms with Crippen LogP contribution in [0.15, 0.2) is 42.5 Å². The Morgan fingerprint density at radius 1 is 1.00 bits per heavy atom. The largest absolute Gasteiger partial charge is 0.342 e. The number of fused-ring (bicyclic) bond motifs is 1. The molecular weight excluding hydrogens is 246 g/mol. The summed E-state index contributed by atoms with van der Waals surface area (Å²) in [7, 11) is 0. The van der Waals surface area contributed by atoms with Gasteiger partial charge in [0.2, 0.25) is 0 Å². The first-order valence-electron chi connectivity index (χ1n) is 6.10. The van der Waals surface area contributed by atoms with E-state index in [1.54, 1.807) is 0 Å². The molecule has 2 nitrogen and oxygen atoms in total. The molecule has 0 aliphatic rings. The minimum Gasteiger partial charge on any atom is -0.342 e. The molecule has 0 fully saturated rings. The van der Waals surface area contributed by atoms with Gasteiger partial charge in [-0.1, -0.05) is 30.3 Å². The molecule has 96 valence electrons. The first kappa shape index (κ1) is 11.8. The van der Waals surface area contributed by atoms with Crippen molar-refractivity contribution in [3.05, 3.63) is 65.5 Å². The highest BCUT2D eigenvalue weighted by atomic mass is 19.1. The van der Waals surface area contributed by atoms with E-state index >= 15 is 0 Å². The van der Waals surface area contributed by atoms with Crippen LogP contribution in [-0.2, 0) is 12.8 Å². The molecule has 0 saturated carbocycles. The molecule has 0 aliphatic heterocycles. The molecule has 0 spiro atoms. The zero-order valence-electron chi connectivity index (χ0n) is 10.2. The summed E-state index contributed by atoms with van der Waals surface area (Å²) in [4.78, 5) is 7.13. The van der Waals surface area contributed by atoms with Crippen LogP contribution in [0.1, 0.15) is 11.4 Å². The maximum Gasteiger partial charge on any atom is 0.153 e. The van der Waals surface area contributed by atoms with Crippen LogP contribution in [0.2, 0.25) is 0 Å². The molecule has 19 heavy (non-hydrogen) atoms. The number of rotatable bonds is 3. The number of aromatic nitrogens is 2. The summed E-state index contributed by atoms with van der Waals surface area (Å²) < 4.78 is 26.6. The standard InChI is InChI=1S/C15H12F2N2/c16-11-8-12(17)15-13(9-11)18-14(19-15)7-6-10-4-2-1-3-5-10/h1-5,8-9H,6-7H2,(H,18,19). The summed E-state index contributed by atoms with van der Waals surface area (Å²) >= 11 is 0. The summed E-state index contributed by atoms with van der Waals surface area (Å²) in [5, 5.41) is 0. The van der Waals surface area contributed by atoms with Gasteiger partial charge in [-0.2, -0.15) is 0 Å². The molecule has 4 heteroatoms.